The molecule has 1 aromatic carbocycles. The molecule has 2 atom stereocenters. The van der Waals surface area contributed by atoms with Crippen LogP contribution in [-0.2, 0) is 14.3 Å². The van der Waals surface area contributed by atoms with Gasteiger partial charge in [-0.3, -0.25) is 4.79 Å². The van der Waals surface area contributed by atoms with Crippen LogP contribution < -0.4 is 5.32 Å². The van der Waals surface area contributed by atoms with Crippen LogP contribution in [0.5, 0.6) is 0 Å². The lowest BCUT2D eigenvalue weighted by Gasteiger charge is -2.31. The van der Waals surface area contributed by atoms with Crippen molar-refractivity contribution >= 4 is 12.0 Å². The first kappa shape index (κ1) is 20.2. The molecule has 26 heavy (non-hydrogen) atoms. The van der Waals surface area contributed by atoms with Crippen molar-refractivity contribution in [2.45, 2.75) is 39.2 Å². The zero-order valence-corrected chi connectivity index (χ0v) is 15.8. The standard InChI is InChI=1S/C20H30N2O4/c1-3-25-20(24)22-13-7-11-18(15-22)19(23)21-12-8-14-26-16(2)17-9-5-4-6-10-17/h4-6,9-10,16,18H,3,7-8,11-15H2,1-2H3,(H,21,23). The largest absolute Gasteiger partial charge is 0.450 e. The van der Waals surface area contributed by atoms with Crippen LogP contribution in [0.25, 0.3) is 0 Å². The van der Waals surface area contributed by atoms with Crippen molar-refractivity contribution in [1.82, 2.24) is 10.2 Å². The van der Waals surface area contributed by atoms with Crippen LogP contribution in [0.3, 0.4) is 0 Å². The van der Waals surface area contributed by atoms with Crippen molar-refractivity contribution in [1.29, 1.82) is 0 Å². The van der Waals surface area contributed by atoms with Crippen molar-refractivity contribution in [3.05, 3.63) is 35.9 Å². The Labute approximate surface area is 155 Å². The summed E-state index contributed by atoms with van der Waals surface area (Å²) in [6, 6.07) is 10.1. The van der Waals surface area contributed by atoms with E-state index in [9.17, 15) is 9.59 Å². The average molecular weight is 362 g/mol. The highest BCUT2D eigenvalue weighted by atomic mass is 16.6. The molecule has 0 radical (unpaired) electrons. The Morgan fingerprint density at radius 2 is 2.08 bits per heavy atom. The topological polar surface area (TPSA) is 67.9 Å². The van der Waals surface area contributed by atoms with Crippen LogP contribution in [-0.4, -0.2) is 49.7 Å². The van der Waals surface area contributed by atoms with Gasteiger partial charge in [-0.2, -0.15) is 0 Å². The van der Waals surface area contributed by atoms with E-state index in [-0.39, 0.29) is 24.0 Å². The van der Waals surface area contributed by atoms with E-state index in [1.165, 1.54) is 0 Å². The third kappa shape index (κ3) is 6.33. The van der Waals surface area contributed by atoms with E-state index in [1.807, 2.05) is 37.3 Å². The second-order valence-electron chi connectivity index (χ2n) is 6.55. The molecule has 0 aromatic heterocycles. The quantitative estimate of drug-likeness (QED) is 0.722. The van der Waals surface area contributed by atoms with E-state index in [2.05, 4.69) is 5.32 Å². The van der Waals surface area contributed by atoms with E-state index in [4.69, 9.17) is 9.47 Å². The summed E-state index contributed by atoms with van der Waals surface area (Å²) >= 11 is 0. The molecule has 1 aliphatic rings. The van der Waals surface area contributed by atoms with Crippen molar-refractivity contribution < 1.29 is 19.1 Å². The fraction of sp³-hybridized carbons (Fsp3) is 0.600. The van der Waals surface area contributed by atoms with Gasteiger partial charge in [0.25, 0.3) is 0 Å². The van der Waals surface area contributed by atoms with Gasteiger partial charge in [0, 0.05) is 26.2 Å². The number of benzene rings is 1. The lowest BCUT2D eigenvalue weighted by molar-refractivity contribution is -0.126. The average Bonchev–Trinajstić information content (AvgIpc) is 2.68. The number of hydrogen-bond acceptors (Lipinski definition) is 4. The summed E-state index contributed by atoms with van der Waals surface area (Å²) in [7, 11) is 0. The molecule has 0 aliphatic carbocycles. The summed E-state index contributed by atoms with van der Waals surface area (Å²) in [5.41, 5.74) is 1.15. The maximum Gasteiger partial charge on any atom is 0.409 e. The minimum absolute atomic E-state index is 0.00936. The first-order valence-corrected chi connectivity index (χ1v) is 9.47. The number of likely N-dealkylation sites (tertiary alicyclic amines) is 1. The van der Waals surface area contributed by atoms with E-state index in [0.717, 1.165) is 24.8 Å². The van der Waals surface area contributed by atoms with Crippen LogP contribution in [0, 0.1) is 5.92 Å². The maximum absolute atomic E-state index is 12.3. The third-order valence-corrected chi connectivity index (χ3v) is 4.58. The van der Waals surface area contributed by atoms with Crippen LogP contribution >= 0.6 is 0 Å². The summed E-state index contributed by atoms with van der Waals surface area (Å²) in [6.45, 7) is 6.44. The summed E-state index contributed by atoms with van der Waals surface area (Å²) < 4.78 is 10.8. The van der Waals surface area contributed by atoms with Gasteiger partial charge in [-0.05, 0) is 38.7 Å². The van der Waals surface area contributed by atoms with Crippen molar-refractivity contribution in [3.63, 3.8) is 0 Å². The van der Waals surface area contributed by atoms with Crippen LogP contribution in [0.4, 0.5) is 4.79 Å². The molecule has 1 aliphatic heterocycles. The lowest BCUT2D eigenvalue weighted by Crippen LogP contribution is -2.45. The second kappa shape index (κ2) is 10.8. The number of nitrogens with one attached hydrogen (secondary N) is 1. The minimum atomic E-state index is -0.326. The minimum Gasteiger partial charge on any atom is -0.450 e. The Morgan fingerprint density at radius 1 is 1.31 bits per heavy atom. The molecule has 1 saturated heterocycles. The lowest BCUT2D eigenvalue weighted by atomic mass is 9.97. The highest BCUT2D eigenvalue weighted by Crippen LogP contribution is 2.18. The number of carbonyl (C=O) groups is 2. The number of rotatable bonds is 8. The summed E-state index contributed by atoms with van der Waals surface area (Å²) in [5, 5.41) is 2.96. The molecular formula is C20H30N2O4. The second-order valence-corrected chi connectivity index (χ2v) is 6.55. The van der Waals surface area contributed by atoms with E-state index in [0.29, 0.717) is 32.8 Å². The van der Waals surface area contributed by atoms with Crippen molar-refractivity contribution in [2.24, 2.45) is 5.92 Å². The van der Waals surface area contributed by atoms with Gasteiger partial charge in [-0.1, -0.05) is 30.3 Å². The molecule has 0 spiro atoms. The Balaban J connectivity index is 1.63. The van der Waals surface area contributed by atoms with Crippen LogP contribution in [0.15, 0.2) is 30.3 Å². The van der Waals surface area contributed by atoms with Gasteiger partial charge in [0.1, 0.15) is 0 Å². The zero-order valence-electron chi connectivity index (χ0n) is 15.8. The Hall–Kier alpha value is -2.08. The molecule has 1 fully saturated rings. The fourth-order valence-corrected chi connectivity index (χ4v) is 3.08. The summed E-state index contributed by atoms with van der Waals surface area (Å²) in [4.78, 5) is 25.7. The fourth-order valence-electron chi connectivity index (χ4n) is 3.08. The first-order valence-electron chi connectivity index (χ1n) is 9.47. The van der Waals surface area contributed by atoms with Crippen LogP contribution in [0.1, 0.15) is 44.8 Å². The highest BCUT2D eigenvalue weighted by Gasteiger charge is 2.28. The van der Waals surface area contributed by atoms with Gasteiger partial charge in [-0.15, -0.1) is 0 Å². The Bertz CT molecular complexity index is 564. The third-order valence-electron chi connectivity index (χ3n) is 4.58. The molecule has 2 amide bonds. The number of carbonyl (C=O) groups excluding carboxylic acids is 2. The highest BCUT2D eigenvalue weighted by molar-refractivity contribution is 5.79. The number of hydrogen-bond donors (Lipinski definition) is 1. The summed E-state index contributed by atoms with van der Waals surface area (Å²) in [6.07, 6.45) is 2.12. The molecule has 1 aromatic rings. The number of piperidine rings is 1. The van der Waals surface area contributed by atoms with Gasteiger partial charge in [0.15, 0.2) is 0 Å². The number of nitrogens with zero attached hydrogens (tertiary/aromatic N) is 1. The molecule has 1 N–H and O–H groups in total. The van der Waals surface area contributed by atoms with E-state index >= 15 is 0 Å². The molecule has 2 rings (SSSR count). The van der Waals surface area contributed by atoms with E-state index in [1.54, 1.807) is 11.8 Å². The predicted octanol–water partition coefficient (Wildman–Crippen LogP) is 3.14. The molecule has 144 valence electrons. The van der Waals surface area contributed by atoms with Gasteiger partial charge in [0.05, 0.1) is 18.6 Å². The number of amides is 2. The predicted molar refractivity (Wildman–Crippen MR) is 99.8 cm³/mol. The van der Waals surface area contributed by atoms with Crippen molar-refractivity contribution in [3.8, 4) is 0 Å². The van der Waals surface area contributed by atoms with Gasteiger partial charge in [0.2, 0.25) is 5.91 Å². The van der Waals surface area contributed by atoms with Gasteiger partial charge >= 0.3 is 6.09 Å². The molecule has 0 saturated carbocycles. The molecule has 0 bridgehead atoms. The summed E-state index contributed by atoms with van der Waals surface area (Å²) in [5.74, 6) is -0.146. The molecule has 6 heteroatoms. The van der Waals surface area contributed by atoms with Crippen LogP contribution in [0.2, 0.25) is 0 Å². The smallest absolute Gasteiger partial charge is 0.409 e. The van der Waals surface area contributed by atoms with Gasteiger partial charge < -0.3 is 19.7 Å². The molecule has 6 nitrogen and oxygen atoms in total. The Morgan fingerprint density at radius 3 is 2.81 bits per heavy atom. The van der Waals surface area contributed by atoms with E-state index < -0.39 is 0 Å². The first-order chi connectivity index (χ1) is 12.6. The SMILES string of the molecule is CCOC(=O)N1CCCC(C(=O)NCCCOC(C)c2ccccc2)C1. The number of ether oxygens (including phenoxy) is 2. The molecule has 1 heterocycles. The van der Waals surface area contributed by atoms with Crippen molar-refractivity contribution in [2.75, 3.05) is 32.8 Å². The monoisotopic (exact) mass is 362 g/mol. The van der Waals surface area contributed by atoms with Gasteiger partial charge in [-0.25, -0.2) is 4.79 Å². The molecule has 2 unspecified atom stereocenters. The zero-order chi connectivity index (χ0) is 18.8. The normalized spacial score (nSPS) is 18.2. The Kier molecular flexibility index (Phi) is 8.41. The molecular weight excluding hydrogens is 332 g/mol. The maximum atomic E-state index is 12.3.